The molecule has 0 aliphatic heterocycles. The second-order valence-electron chi connectivity index (χ2n) is 4.87. The van der Waals surface area contributed by atoms with Crippen LogP contribution in [0.5, 0.6) is 0 Å². The highest BCUT2D eigenvalue weighted by Crippen LogP contribution is 2.27. The van der Waals surface area contributed by atoms with Crippen molar-refractivity contribution in [2.45, 2.75) is 0 Å². The summed E-state index contributed by atoms with van der Waals surface area (Å²) in [6.45, 7) is 0. The van der Waals surface area contributed by atoms with Crippen LogP contribution in [0.2, 0.25) is 0 Å². The minimum absolute atomic E-state index is 0.516. The molecule has 0 aliphatic carbocycles. The molecule has 0 N–H and O–H groups in total. The number of para-hydroxylation sites is 1. The number of nitriles is 1. The van der Waals surface area contributed by atoms with E-state index in [1.54, 1.807) is 18.5 Å². The lowest BCUT2D eigenvalue weighted by atomic mass is 10.2. The van der Waals surface area contributed by atoms with Crippen LogP contribution < -0.4 is 4.90 Å². The number of allylic oxidation sites excluding steroid dienone is 1. The van der Waals surface area contributed by atoms with Gasteiger partial charge in [-0.1, -0.05) is 12.1 Å². The molecule has 3 rings (SSSR count). The molecule has 1 aromatic carbocycles. The van der Waals surface area contributed by atoms with E-state index in [9.17, 15) is 5.26 Å². The molecule has 0 spiro atoms. The van der Waals surface area contributed by atoms with Gasteiger partial charge in [0.15, 0.2) is 0 Å². The SMILES string of the molecule is CN(C)c1ncc(/C=C(\C#N)c2nc3ccccc3s2)cn1. The Kier molecular flexibility index (Phi) is 3.81. The van der Waals surface area contributed by atoms with Gasteiger partial charge >= 0.3 is 0 Å². The number of fused-ring (bicyclic) bond motifs is 1. The Morgan fingerprint density at radius 3 is 2.59 bits per heavy atom. The topological polar surface area (TPSA) is 65.7 Å². The molecule has 0 unspecified atom stereocenters. The molecule has 0 amide bonds. The number of hydrogen-bond acceptors (Lipinski definition) is 6. The highest BCUT2D eigenvalue weighted by molar-refractivity contribution is 7.19. The van der Waals surface area contributed by atoms with Gasteiger partial charge in [-0.15, -0.1) is 11.3 Å². The zero-order valence-electron chi connectivity index (χ0n) is 12.2. The number of thiazole rings is 1. The molecule has 108 valence electrons. The van der Waals surface area contributed by atoms with Crippen LogP contribution in [0.4, 0.5) is 5.95 Å². The number of benzene rings is 1. The third-order valence-corrected chi connectivity index (χ3v) is 4.08. The highest BCUT2D eigenvalue weighted by atomic mass is 32.1. The van der Waals surface area contributed by atoms with E-state index < -0.39 is 0 Å². The van der Waals surface area contributed by atoms with Crippen molar-refractivity contribution < 1.29 is 0 Å². The molecule has 0 aliphatic rings. The lowest BCUT2D eigenvalue weighted by Crippen LogP contribution is -2.12. The van der Waals surface area contributed by atoms with E-state index in [0.29, 0.717) is 16.5 Å². The maximum absolute atomic E-state index is 9.41. The smallest absolute Gasteiger partial charge is 0.224 e. The molecule has 0 saturated heterocycles. The summed E-state index contributed by atoms with van der Waals surface area (Å²) in [7, 11) is 3.76. The maximum Gasteiger partial charge on any atom is 0.224 e. The second kappa shape index (κ2) is 5.92. The summed E-state index contributed by atoms with van der Waals surface area (Å²) in [5.74, 6) is 0.635. The molecule has 0 fully saturated rings. The third-order valence-electron chi connectivity index (χ3n) is 3.01. The first-order valence-electron chi connectivity index (χ1n) is 6.64. The summed E-state index contributed by atoms with van der Waals surface area (Å²) >= 11 is 1.51. The van der Waals surface area contributed by atoms with Gasteiger partial charge < -0.3 is 4.90 Å². The van der Waals surface area contributed by atoms with Gasteiger partial charge in [0.2, 0.25) is 5.95 Å². The van der Waals surface area contributed by atoms with Gasteiger partial charge in [-0.2, -0.15) is 5.26 Å². The Morgan fingerprint density at radius 2 is 1.95 bits per heavy atom. The van der Waals surface area contributed by atoms with E-state index in [1.165, 1.54) is 11.3 Å². The zero-order valence-corrected chi connectivity index (χ0v) is 13.0. The molecule has 3 aromatic rings. The fourth-order valence-electron chi connectivity index (χ4n) is 1.93. The number of anilines is 1. The van der Waals surface area contributed by atoms with Crippen molar-refractivity contribution in [2.24, 2.45) is 0 Å². The first-order chi connectivity index (χ1) is 10.7. The van der Waals surface area contributed by atoms with Gasteiger partial charge in [0.25, 0.3) is 0 Å². The van der Waals surface area contributed by atoms with Gasteiger partial charge in [0.05, 0.1) is 15.8 Å². The summed E-state index contributed by atoms with van der Waals surface area (Å²) in [4.78, 5) is 14.8. The Labute approximate surface area is 132 Å². The first-order valence-corrected chi connectivity index (χ1v) is 7.46. The van der Waals surface area contributed by atoms with E-state index in [1.807, 2.05) is 43.3 Å². The van der Waals surface area contributed by atoms with Crippen molar-refractivity contribution in [2.75, 3.05) is 19.0 Å². The van der Waals surface area contributed by atoms with Gasteiger partial charge in [0.1, 0.15) is 11.1 Å². The van der Waals surface area contributed by atoms with Gasteiger partial charge in [-0.3, -0.25) is 0 Å². The van der Waals surface area contributed by atoms with Crippen molar-refractivity contribution in [1.29, 1.82) is 5.26 Å². The summed E-state index contributed by atoms with van der Waals surface area (Å²) in [6, 6.07) is 10.1. The predicted octanol–water partition coefficient (Wildman–Crippen LogP) is 3.22. The summed E-state index contributed by atoms with van der Waals surface area (Å²) < 4.78 is 1.07. The zero-order chi connectivity index (χ0) is 15.5. The minimum atomic E-state index is 0.516. The molecule has 0 bridgehead atoms. The lowest BCUT2D eigenvalue weighted by Gasteiger charge is -2.08. The molecular formula is C16H13N5S. The van der Waals surface area contributed by atoms with E-state index in [2.05, 4.69) is 21.0 Å². The minimum Gasteiger partial charge on any atom is -0.347 e. The van der Waals surface area contributed by atoms with E-state index >= 15 is 0 Å². The van der Waals surface area contributed by atoms with E-state index in [-0.39, 0.29) is 0 Å². The highest BCUT2D eigenvalue weighted by Gasteiger charge is 2.09. The molecule has 2 aromatic heterocycles. The molecular weight excluding hydrogens is 294 g/mol. The van der Waals surface area contributed by atoms with Gasteiger partial charge in [0, 0.05) is 32.1 Å². The van der Waals surface area contributed by atoms with Crippen molar-refractivity contribution in [3.05, 3.63) is 47.2 Å². The van der Waals surface area contributed by atoms with E-state index in [4.69, 9.17) is 0 Å². The summed E-state index contributed by atoms with van der Waals surface area (Å²) in [5, 5.41) is 10.1. The Morgan fingerprint density at radius 1 is 1.23 bits per heavy atom. The fourth-order valence-corrected chi connectivity index (χ4v) is 2.86. The lowest BCUT2D eigenvalue weighted by molar-refractivity contribution is 0.996. The molecule has 2 heterocycles. The molecule has 6 heteroatoms. The average molecular weight is 307 g/mol. The third kappa shape index (κ3) is 2.80. The van der Waals surface area contributed by atoms with Gasteiger partial charge in [-0.25, -0.2) is 15.0 Å². The Bertz CT molecular complexity index is 838. The van der Waals surface area contributed by atoms with Crippen LogP contribution in [-0.2, 0) is 0 Å². The van der Waals surface area contributed by atoms with Crippen LogP contribution in [0.15, 0.2) is 36.7 Å². The molecule has 0 atom stereocenters. The Balaban J connectivity index is 1.97. The number of rotatable bonds is 3. The normalized spacial score (nSPS) is 11.4. The number of aromatic nitrogens is 3. The van der Waals surface area contributed by atoms with Crippen LogP contribution in [0.3, 0.4) is 0 Å². The average Bonchev–Trinajstić information content (AvgIpc) is 2.96. The first kappa shape index (κ1) is 14.2. The van der Waals surface area contributed by atoms with Crippen molar-refractivity contribution >= 4 is 39.2 Å². The molecule has 0 radical (unpaired) electrons. The van der Waals surface area contributed by atoms with Crippen LogP contribution >= 0.6 is 11.3 Å². The van der Waals surface area contributed by atoms with E-state index in [0.717, 1.165) is 15.8 Å². The Hall–Kier alpha value is -2.78. The van der Waals surface area contributed by atoms with Crippen molar-refractivity contribution in [3.63, 3.8) is 0 Å². The molecule has 22 heavy (non-hydrogen) atoms. The van der Waals surface area contributed by atoms with Crippen LogP contribution in [0.25, 0.3) is 21.9 Å². The predicted molar refractivity (Wildman–Crippen MR) is 89.5 cm³/mol. The van der Waals surface area contributed by atoms with Crippen molar-refractivity contribution in [1.82, 2.24) is 15.0 Å². The monoisotopic (exact) mass is 307 g/mol. The molecule has 5 nitrogen and oxygen atoms in total. The second-order valence-corrected chi connectivity index (χ2v) is 5.90. The van der Waals surface area contributed by atoms with Crippen LogP contribution in [-0.4, -0.2) is 29.0 Å². The standard InChI is InChI=1S/C16H13N5S/c1-21(2)16-18-9-11(10-19-16)7-12(8-17)15-20-13-5-3-4-6-14(13)22-15/h3-7,9-10H,1-2H3/b12-7+. The van der Waals surface area contributed by atoms with Crippen LogP contribution in [0, 0.1) is 11.3 Å². The largest absolute Gasteiger partial charge is 0.347 e. The summed E-state index contributed by atoms with van der Waals surface area (Å²) in [6.07, 6.45) is 5.16. The van der Waals surface area contributed by atoms with Crippen LogP contribution in [0.1, 0.15) is 10.6 Å². The molecule has 0 saturated carbocycles. The number of nitrogens with zero attached hydrogens (tertiary/aromatic N) is 5. The van der Waals surface area contributed by atoms with Crippen molar-refractivity contribution in [3.8, 4) is 6.07 Å². The quantitative estimate of drug-likeness (QED) is 0.695. The van der Waals surface area contributed by atoms with Gasteiger partial charge in [-0.05, 0) is 18.2 Å². The maximum atomic E-state index is 9.41. The fraction of sp³-hybridized carbons (Fsp3) is 0.125. The number of hydrogen-bond donors (Lipinski definition) is 0. The summed E-state index contributed by atoms with van der Waals surface area (Å²) in [5.41, 5.74) is 2.20.